The van der Waals surface area contributed by atoms with Gasteiger partial charge in [-0.05, 0) is 24.1 Å². The van der Waals surface area contributed by atoms with Crippen molar-refractivity contribution < 1.29 is 4.79 Å². The normalized spacial score (nSPS) is 12.2. The van der Waals surface area contributed by atoms with Crippen molar-refractivity contribution in [3.05, 3.63) is 88.9 Å². The highest BCUT2D eigenvalue weighted by atomic mass is 16.2. The Bertz CT molecular complexity index is 1220. The van der Waals surface area contributed by atoms with Crippen LogP contribution in [0.1, 0.15) is 30.8 Å². The Hall–Kier alpha value is -3.61. The first-order chi connectivity index (χ1) is 14.6. The Morgan fingerprint density at radius 1 is 1.03 bits per heavy atom. The smallest absolute Gasteiger partial charge is 0.329 e. The van der Waals surface area contributed by atoms with Gasteiger partial charge in [0.15, 0.2) is 0 Å². The number of aromatic nitrogens is 4. The molecule has 0 fully saturated rings. The number of hydrogen-bond acceptors (Lipinski definition) is 3. The van der Waals surface area contributed by atoms with Crippen LogP contribution in [0, 0.1) is 0 Å². The molecule has 2 heterocycles. The van der Waals surface area contributed by atoms with Crippen LogP contribution in [0.15, 0.2) is 71.8 Å². The first kappa shape index (κ1) is 19.7. The van der Waals surface area contributed by atoms with Gasteiger partial charge in [0, 0.05) is 26.0 Å². The van der Waals surface area contributed by atoms with Crippen molar-refractivity contribution in [2.45, 2.75) is 32.5 Å². The van der Waals surface area contributed by atoms with E-state index in [2.05, 4.69) is 10.3 Å². The van der Waals surface area contributed by atoms with Crippen LogP contribution in [-0.2, 0) is 24.9 Å². The van der Waals surface area contributed by atoms with E-state index in [0.717, 1.165) is 28.8 Å². The van der Waals surface area contributed by atoms with Gasteiger partial charge in [0.1, 0.15) is 18.4 Å². The second kappa shape index (κ2) is 8.41. The zero-order valence-corrected chi connectivity index (χ0v) is 17.2. The minimum atomic E-state index is -0.404. The maximum Gasteiger partial charge on any atom is 0.329 e. The van der Waals surface area contributed by atoms with Gasteiger partial charge in [0.25, 0.3) is 0 Å². The molecule has 0 radical (unpaired) electrons. The van der Waals surface area contributed by atoms with Gasteiger partial charge in [-0.3, -0.25) is 13.9 Å². The summed E-state index contributed by atoms with van der Waals surface area (Å²) < 4.78 is 5.16. The van der Waals surface area contributed by atoms with Gasteiger partial charge < -0.3 is 9.88 Å². The molecule has 30 heavy (non-hydrogen) atoms. The number of aryl methyl sites for hydroxylation is 2. The molecule has 0 aliphatic carbocycles. The number of amides is 1. The third-order valence-electron chi connectivity index (χ3n) is 5.23. The number of rotatable bonds is 7. The molecule has 0 saturated heterocycles. The molecule has 7 heteroatoms. The maximum absolute atomic E-state index is 13.0. The standard InChI is InChI=1S/C23H25N5O2/c1-3-14-27-18-11-7-8-12-19(18)28(23(27)30)16-20(29)25-21(17-9-5-4-6-10-17)22-24-13-15-26(22)2/h4-13,15,21H,3,14,16H2,1-2H3,(H,25,29). The Kier molecular flexibility index (Phi) is 5.52. The molecule has 2 aromatic heterocycles. The van der Waals surface area contributed by atoms with E-state index >= 15 is 0 Å². The van der Waals surface area contributed by atoms with Crippen molar-refractivity contribution in [1.29, 1.82) is 0 Å². The monoisotopic (exact) mass is 403 g/mol. The number of nitrogens with zero attached hydrogens (tertiary/aromatic N) is 4. The lowest BCUT2D eigenvalue weighted by Crippen LogP contribution is -2.36. The molecule has 1 unspecified atom stereocenters. The van der Waals surface area contributed by atoms with Crippen molar-refractivity contribution in [2.75, 3.05) is 0 Å². The van der Waals surface area contributed by atoms with Gasteiger partial charge >= 0.3 is 5.69 Å². The predicted octanol–water partition coefficient (Wildman–Crippen LogP) is 2.85. The average molecular weight is 403 g/mol. The molecule has 154 valence electrons. The van der Waals surface area contributed by atoms with Crippen LogP contribution in [0.5, 0.6) is 0 Å². The molecule has 2 aromatic carbocycles. The van der Waals surface area contributed by atoms with Crippen LogP contribution in [0.25, 0.3) is 11.0 Å². The Morgan fingerprint density at radius 2 is 1.70 bits per heavy atom. The lowest BCUT2D eigenvalue weighted by Gasteiger charge is -2.19. The van der Waals surface area contributed by atoms with E-state index in [4.69, 9.17) is 0 Å². The lowest BCUT2D eigenvalue weighted by atomic mass is 10.1. The molecule has 0 spiro atoms. The summed E-state index contributed by atoms with van der Waals surface area (Å²) in [5, 5.41) is 3.07. The number of benzene rings is 2. The molecule has 1 N–H and O–H groups in total. The fourth-order valence-electron chi connectivity index (χ4n) is 3.81. The van der Waals surface area contributed by atoms with E-state index in [1.165, 1.54) is 0 Å². The molecule has 4 rings (SSSR count). The molecule has 0 aliphatic rings. The van der Waals surface area contributed by atoms with Crippen LogP contribution in [0.2, 0.25) is 0 Å². The highest BCUT2D eigenvalue weighted by Gasteiger charge is 2.22. The lowest BCUT2D eigenvalue weighted by molar-refractivity contribution is -0.122. The molecule has 0 aliphatic heterocycles. The van der Waals surface area contributed by atoms with E-state index in [9.17, 15) is 9.59 Å². The molecule has 0 saturated carbocycles. The summed E-state index contributed by atoms with van der Waals surface area (Å²) in [6, 6.07) is 16.9. The summed E-state index contributed by atoms with van der Waals surface area (Å²) in [7, 11) is 1.90. The van der Waals surface area contributed by atoms with Gasteiger partial charge in [0.2, 0.25) is 5.91 Å². The van der Waals surface area contributed by atoms with E-state index in [-0.39, 0.29) is 18.1 Å². The fourth-order valence-corrected chi connectivity index (χ4v) is 3.81. The molecule has 0 bridgehead atoms. The van der Waals surface area contributed by atoms with Gasteiger partial charge in [-0.2, -0.15) is 0 Å². The first-order valence-corrected chi connectivity index (χ1v) is 10.1. The maximum atomic E-state index is 13.0. The third kappa shape index (κ3) is 3.66. The van der Waals surface area contributed by atoms with Crippen LogP contribution in [0.3, 0.4) is 0 Å². The summed E-state index contributed by atoms with van der Waals surface area (Å²) in [6.07, 6.45) is 4.40. The molecular weight excluding hydrogens is 378 g/mol. The minimum Gasteiger partial charge on any atom is -0.341 e. The Labute approximate surface area is 174 Å². The second-order valence-corrected chi connectivity index (χ2v) is 7.32. The molecular formula is C23H25N5O2. The van der Waals surface area contributed by atoms with Crippen LogP contribution < -0.4 is 11.0 Å². The SMILES string of the molecule is CCCn1c(=O)n(CC(=O)NC(c2ccccc2)c2nccn2C)c2ccccc21. The van der Waals surface area contributed by atoms with E-state index in [0.29, 0.717) is 6.54 Å². The summed E-state index contributed by atoms with van der Waals surface area (Å²) >= 11 is 0. The number of carbonyl (C=O) groups excluding carboxylic acids is 1. The second-order valence-electron chi connectivity index (χ2n) is 7.32. The minimum absolute atomic E-state index is 0.0518. The summed E-state index contributed by atoms with van der Waals surface area (Å²) in [5.41, 5.74) is 2.38. The predicted molar refractivity (Wildman–Crippen MR) is 116 cm³/mol. The van der Waals surface area contributed by atoms with E-state index in [1.54, 1.807) is 15.3 Å². The van der Waals surface area contributed by atoms with E-state index < -0.39 is 6.04 Å². The highest BCUT2D eigenvalue weighted by Crippen LogP contribution is 2.20. The molecule has 1 atom stereocenters. The molecule has 7 nitrogen and oxygen atoms in total. The van der Waals surface area contributed by atoms with Crippen LogP contribution in [-0.4, -0.2) is 24.6 Å². The Morgan fingerprint density at radius 3 is 2.33 bits per heavy atom. The van der Waals surface area contributed by atoms with Crippen molar-refractivity contribution in [3.8, 4) is 0 Å². The van der Waals surface area contributed by atoms with Crippen LogP contribution in [0.4, 0.5) is 0 Å². The largest absolute Gasteiger partial charge is 0.341 e. The number of para-hydroxylation sites is 2. The number of imidazole rings is 2. The summed E-state index contributed by atoms with van der Waals surface area (Å²) in [5.74, 6) is 0.490. The van der Waals surface area contributed by atoms with Gasteiger partial charge in [-0.15, -0.1) is 0 Å². The number of carbonyl (C=O) groups is 1. The zero-order valence-electron chi connectivity index (χ0n) is 17.2. The zero-order chi connectivity index (χ0) is 21.1. The number of fused-ring (bicyclic) bond motifs is 1. The van der Waals surface area contributed by atoms with Crippen molar-refractivity contribution in [1.82, 2.24) is 24.0 Å². The summed E-state index contributed by atoms with van der Waals surface area (Å²) in [6.45, 7) is 2.60. The van der Waals surface area contributed by atoms with E-state index in [1.807, 2.05) is 79.3 Å². The van der Waals surface area contributed by atoms with Crippen molar-refractivity contribution in [2.24, 2.45) is 7.05 Å². The van der Waals surface area contributed by atoms with Crippen molar-refractivity contribution >= 4 is 16.9 Å². The first-order valence-electron chi connectivity index (χ1n) is 10.1. The highest BCUT2D eigenvalue weighted by molar-refractivity contribution is 5.81. The number of nitrogens with one attached hydrogen (secondary N) is 1. The topological polar surface area (TPSA) is 73.8 Å². The quantitative estimate of drug-likeness (QED) is 0.516. The van der Waals surface area contributed by atoms with Crippen molar-refractivity contribution in [3.63, 3.8) is 0 Å². The number of hydrogen-bond donors (Lipinski definition) is 1. The Balaban J connectivity index is 1.66. The summed E-state index contributed by atoms with van der Waals surface area (Å²) in [4.78, 5) is 30.5. The van der Waals surface area contributed by atoms with Gasteiger partial charge in [-0.25, -0.2) is 9.78 Å². The molecule has 4 aromatic rings. The third-order valence-corrected chi connectivity index (χ3v) is 5.23. The average Bonchev–Trinajstić information content (AvgIpc) is 3.30. The fraction of sp³-hybridized carbons (Fsp3) is 0.261. The van der Waals surface area contributed by atoms with Gasteiger partial charge in [-0.1, -0.05) is 49.4 Å². The molecule has 1 amide bonds. The van der Waals surface area contributed by atoms with Crippen LogP contribution >= 0.6 is 0 Å². The van der Waals surface area contributed by atoms with Gasteiger partial charge in [0.05, 0.1) is 11.0 Å².